The Bertz CT molecular complexity index is 1850. The molecule has 0 aliphatic heterocycles. The summed E-state index contributed by atoms with van der Waals surface area (Å²) in [6.45, 7) is 0. The van der Waals surface area contributed by atoms with Crippen LogP contribution >= 0.6 is 0 Å². The fraction of sp³-hybridized carbons (Fsp3) is 0. The summed E-state index contributed by atoms with van der Waals surface area (Å²) in [5, 5.41) is 7.73. The van der Waals surface area contributed by atoms with E-state index >= 15 is 0 Å². The number of pyridine rings is 1. The van der Waals surface area contributed by atoms with Crippen LogP contribution in [0, 0.1) is 0 Å². The Labute approximate surface area is 216 Å². The first-order chi connectivity index (χ1) is 18.4. The summed E-state index contributed by atoms with van der Waals surface area (Å²) in [4.78, 5) is 0. The van der Waals surface area contributed by atoms with E-state index in [-0.39, 0.29) is 0 Å². The second kappa shape index (κ2) is 8.92. The first-order valence-electron chi connectivity index (χ1n) is 12.6. The molecule has 174 valence electrons. The van der Waals surface area contributed by atoms with Gasteiger partial charge in [-0.05, 0) is 34.2 Å². The summed E-state index contributed by atoms with van der Waals surface area (Å²) in [7, 11) is 0. The molecule has 0 saturated heterocycles. The molecule has 2 aromatic heterocycles. The lowest BCUT2D eigenvalue weighted by atomic mass is 9.95. The third kappa shape index (κ3) is 3.71. The summed E-state index contributed by atoms with van der Waals surface area (Å²) in [5.74, 6) is 0. The second-order valence-corrected chi connectivity index (χ2v) is 9.28. The monoisotopic (exact) mass is 472 g/mol. The molecule has 0 bridgehead atoms. The van der Waals surface area contributed by atoms with Crippen LogP contribution < -0.4 is 0 Å². The normalized spacial score (nSPS) is 11.2. The van der Waals surface area contributed by atoms with Gasteiger partial charge in [0.05, 0.1) is 11.2 Å². The van der Waals surface area contributed by atoms with Crippen molar-refractivity contribution in [2.75, 3.05) is 0 Å². The van der Waals surface area contributed by atoms with Crippen molar-refractivity contribution in [1.82, 2.24) is 9.61 Å². The Balaban J connectivity index is 1.60. The van der Waals surface area contributed by atoms with Gasteiger partial charge in [-0.1, -0.05) is 133 Å². The molecule has 0 aliphatic carbocycles. The molecule has 2 heterocycles. The molecule has 2 heteroatoms. The van der Waals surface area contributed by atoms with Crippen LogP contribution in [0.25, 0.3) is 61.1 Å². The summed E-state index contributed by atoms with van der Waals surface area (Å²) in [5.41, 5.74) is 10.1. The molecule has 0 spiro atoms. The first-order valence-corrected chi connectivity index (χ1v) is 12.6. The minimum Gasteiger partial charge on any atom is -0.231 e. The van der Waals surface area contributed by atoms with E-state index in [1.807, 2.05) is 0 Å². The summed E-state index contributed by atoms with van der Waals surface area (Å²) < 4.78 is 2.14. The van der Waals surface area contributed by atoms with Crippen molar-refractivity contribution < 1.29 is 0 Å². The van der Waals surface area contributed by atoms with Gasteiger partial charge in [-0.2, -0.15) is 5.10 Å². The van der Waals surface area contributed by atoms with Crippen LogP contribution in [-0.4, -0.2) is 9.61 Å². The number of fused-ring (bicyclic) bond motifs is 3. The highest BCUT2D eigenvalue weighted by atomic mass is 15.2. The van der Waals surface area contributed by atoms with Gasteiger partial charge in [-0.15, -0.1) is 0 Å². The molecule has 0 radical (unpaired) electrons. The highest BCUT2D eigenvalue weighted by Gasteiger charge is 2.21. The van der Waals surface area contributed by atoms with Crippen LogP contribution in [0.1, 0.15) is 0 Å². The van der Waals surface area contributed by atoms with E-state index in [1.54, 1.807) is 0 Å². The minimum absolute atomic E-state index is 0.984. The maximum Gasteiger partial charge on any atom is 0.101 e. The van der Waals surface area contributed by atoms with E-state index in [4.69, 9.17) is 5.10 Å². The van der Waals surface area contributed by atoms with Crippen LogP contribution in [-0.2, 0) is 0 Å². The molecule has 37 heavy (non-hydrogen) atoms. The van der Waals surface area contributed by atoms with Crippen LogP contribution in [0.4, 0.5) is 0 Å². The van der Waals surface area contributed by atoms with Gasteiger partial charge in [-0.25, -0.2) is 4.52 Å². The van der Waals surface area contributed by atoms with Crippen LogP contribution in [0.2, 0.25) is 0 Å². The predicted molar refractivity (Wildman–Crippen MR) is 154 cm³/mol. The Morgan fingerprint density at radius 3 is 1.73 bits per heavy atom. The number of hydrogen-bond acceptors (Lipinski definition) is 1. The zero-order chi connectivity index (χ0) is 24.6. The fourth-order valence-corrected chi connectivity index (χ4v) is 5.26. The van der Waals surface area contributed by atoms with Crippen molar-refractivity contribution in [3.63, 3.8) is 0 Å². The zero-order valence-electron chi connectivity index (χ0n) is 20.3. The number of benzene rings is 5. The number of rotatable bonds is 4. The van der Waals surface area contributed by atoms with Crippen molar-refractivity contribution in [3.8, 4) is 44.8 Å². The van der Waals surface area contributed by atoms with Crippen molar-refractivity contribution in [2.24, 2.45) is 0 Å². The molecule has 0 amide bonds. The van der Waals surface area contributed by atoms with Gasteiger partial charge in [0.15, 0.2) is 0 Å². The molecule has 5 aromatic carbocycles. The first kappa shape index (κ1) is 21.3. The van der Waals surface area contributed by atoms with Crippen molar-refractivity contribution >= 4 is 16.3 Å². The molecule has 0 fully saturated rings. The highest BCUT2D eigenvalue weighted by Crippen LogP contribution is 2.41. The minimum atomic E-state index is 0.984. The maximum absolute atomic E-state index is 5.34. The van der Waals surface area contributed by atoms with Gasteiger partial charge in [0, 0.05) is 22.1 Å². The predicted octanol–water partition coefficient (Wildman–Crippen LogP) is 9.16. The van der Waals surface area contributed by atoms with E-state index in [1.165, 1.54) is 21.9 Å². The van der Waals surface area contributed by atoms with E-state index in [0.29, 0.717) is 0 Å². The van der Waals surface area contributed by atoms with Crippen molar-refractivity contribution in [3.05, 3.63) is 146 Å². The molecular weight excluding hydrogens is 448 g/mol. The smallest absolute Gasteiger partial charge is 0.101 e. The Morgan fingerprint density at radius 2 is 1.00 bits per heavy atom. The number of nitrogens with zero attached hydrogens (tertiary/aromatic N) is 2. The fourth-order valence-electron chi connectivity index (χ4n) is 5.26. The number of hydrogen-bond donors (Lipinski definition) is 0. The molecule has 7 aromatic rings. The molecule has 0 unspecified atom stereocenters. The topological polar surface area (TPSA) is 17.3 Å². The lowest BCUT2D eigenvalue weighted by Gasteiger charge is -2.10. The second-order valence-electron chi connectivity index (χ2n) is 9.28. The number of aromatic nitrogens is 2. The van der Waals surface area contributed by atoms with Crippen LogP contribution in [0.3, 0.4) is 0 Å². The maximum atomic E-state index is 5.34. The highest BCUT2D eigenvalue weighted by molar-refractivity contribution is 6.08. The molecule has 0 atom stereocenters. The van der Waals surface area contributed by atoms with Gasteiger partial charge in [0.25, 0.3) is 0 Å². The van der Waals surface area contributed by atoms with E-state index in [2.05, 4.69) is 150 Å². The molecule has 2 nitrogen and oxygen atoms in total. The van der Waals surface area contributed by atoms with E-state index < -0.39 is 0 Å². The largest absolute Gasteiger partial charge is 0.231 e. The van der Waals surface area contributed by atoms with E-state index in [9.17, 15) is 0 Å². The zero-order valence-corrected chi connectivity index (χ0v) is 20.3. The summed E-state index contributed by atoms with van der Waals surface area (Å²) >= 11 is 0. The van der Waals surface area contributed by atoms with Gasteiger partial charge >= 0.3 is 0 Å². The van der Waals surface area contributed by atoms with Crippen molar-refractivity contribution in [1.29, 1.82) is 0 Å². The average Bonchev–Trinajstić information content (AvgIpc) is 3.39. The van der Waals surface area contributed by atoms with E-state index in [0.717, 1.165) is 39.2 Å². The van der Waals surface area contributed by atoms with Gasteiger partial charge in [0.2, 0.25) is 0 Å². The van der Waals surface area contributed by atoms with Gasteiger partial charge in [0.1, 0.15) is 5.69 Å². The lowest BCUT2D eigenvalue weighted by molar-refractivity contribution is 0.979. The van der Waals surface area contributed by atoms with Crippen molar-refractivity contribution in [2.45, 2.75) is 0 Å². The SMILES string of the molecule is c1ccc(-c2cccc(-c3nn4c(-c5ccccc5)cc5ccccc5c4c3-c3ccccc3)c2)cc1. The van der Waals surface area contributed by atoms with Gasteiger partial charge < -0.3 is 0 Å². The third-order valence-electron chi connectivity index (χ3n) is 7.00. The van der Waals surface area contributed by atoms with Crippen LogP contribution in [0.15, 0.2) is 146 Å². The molecule has 0 N–H and O–H groups in total. The molecule has 0 saturated carbocycles. The average molecular weight is 473 g/mol. The summed E-state index contributed by atoms with van der Waals surface area (Å²) in [6, 6.07) is 51.3. The lowest BCUT2D eigenvalue weighted by Crippen LogP contribution is -1.95. The Morgan fingerprint density at radius 1 is 0.432 bits per heavy atom. The Kier molecular flexibility index (Phi) is 5.15. The molecule has 7 rings (SSSR count). The standard InChI is InChI=1S/C35H24N2/c1-4-13-25(14-5-1)28-20-12-21-30(23-28)34-33(27-17-8-3-9-18-27)35-31-22-11-10-19-29(31)24-32(37(35)36-34)26-15-6-2-7-16-26/h1-24H. The molecular formula is C35H24N2. The Hall–Kier alpha value is -4.95. The quantitative estimate of drug-likeness (QED) is 0.250. The van der Waals surface area contributed by atoms with Crippen LogP contribution in [0.5, 0.6) is 0 Å². The summed E-state index contributed by atoms with van der Waals surface area (Å²) in [6.07, 6.45) is 0. The third-order valence-corrected chi connectivity index (χ3v) is 7.00. The van der Waals surface area contributed by atoms with Gasteiger partial charge in [-0.3, -0.25) is 0 Å². The molecule has 0 aliphatic rings.